The number of ether oxygens (including phenoxy) is 1. The van der Waals surface area contributed by atoms with Crippen molar-refractivity contribution in [3.05, 3.63) is 53.9 Å². The fourth-order valence-corrected chi connectivity index (χ4v) is 2.08. The molecular weight excluding hydrogens is 274 g/mol. The van der Waals surface area contributed by atoms with Gasteiger partial charge in [-0.1, -0.05) is 12.1 Å². The van der Waals surface area contributed by atoms with Gasteiger partial charge in [0.15, 0.2) is 0 Å². The summed E-state index contributed by atoms with van der Waals surface area (Å²) in [6, 6.07) is 7.03. The maximum absolute atomic E-state index is 11.8. The second kappa shape index (κ2) is 6.81. The van der Waals surface area contributed by atoms with Crippen molar-refractivity contribution in [2.45, 2.75) is 13.5 Å². The van der Waals surface area contributed by atoms with Crippen LogP contribution in [0.2, 0.25) is 0 Å². The fourth-order valence-electron chi connectivity index (χ4n) is 1.53. The van der Waals surface area contributed by atoms with Gasteiger partial charge in [0.2, 0.25) is 0 Å². The van der Waals surface area contributed by atoms with Crippen molar-refractivity contribution < 1.29 is 9.53 Å². The molecule has 0 aliphatic rings. The van der Waals surface area contributed by atoms with E-state index in [1.54, 1.807) is 30.3 Å². The van der Waals surface area contributed by atoms with Crippen molar-refractivity contribution >= 4 is 17.6 Å². The first-order chi connectivity index (χ1) is 9.70. The molecular formula is C14H15N3O2S. The minimum Gasteiger partial charge on any atom is -0.487 e. The standard InChI is InChI=1S/C14H15N3O2S/c1-3-7-15-14(18)11-5-4-6-12(8-11)19-9-13-10(2)16-20-17-13/h3-6,8H,1,7,9H2,2H3,(H,15,18). The van der Waals surface area contributed by atoms with E-state index in [0.717, 1.165) is 23.1 Å². The molecule has 1 aromatic carbocycles. The lowest BCUT2D eigenvalue weighted by Gasteiger charge is -2.07. The van der Waals surface area contributed by atoms with E-state index in [1.165, 1.54) is 0 Å². The molecule has 0 spiro atoms. The Morgan fingerprint density at radius 2 is 2.35 bits per heavy atom. The third kappa shape index (κ3) is 3.64. The zero-order chi connectivity index (χ0) is 14.4. The molecule has 0 saturated carbocycles. The summed E-state index contributed by atoms with van der Waals surface area (Å²) < 4.78 is 13.9. The minimum absolute atomic E-state index is 0.151. The smallest absolute Gasteiger partial charge is 0.251 e. The second-order valence-corrected chi connectivity index (χ2v) is 4.64. The monoisotopic (exact) mass is 289 g/mol. The van der Waals surface area contributed by atoms with E-state index in [0.29, 0.717) is 24.5 Å². The van der Waals surface area contributed by atoms with Crippen LogP contribution in [0.25, 0.3) is 0 Å². The molecule has 0 saturated heterocycles. The van der Waals surface area contributed by atoms with E-state index >= 15 is 0 Å². The van der Waals surface area contributed by atoms with E-state index < -0.39 is 0 Å². The number of carbonyl (C=O) groups excluding carboxylic acids is 1. The third-order valence-corrected chi connectivity index (χ3v) is 3.28. The van der Waals surface area contributed by atoms with Crippen molar-refractivity contribution in [2.75, 3.05) is 6.54 Å². The Morgan fingerprint density at radius 1 is 1.50 bits per heavy atom. The Bertz CT molecular complexity index is 610. The summed E-state index contributed by atoms with van der Waals surface area (Å²) in [5, 5.41) is 2.72. The predicted molar refractivity (Wildman–Crippen MR) is 78.0 cm³/mol. The number of aryl methyl sites for hydroxylation is 1. The molecule has 0 fully saturated rings. The maximum Gasteiger partial charge on any atom is 0.251 e. The van der Waals surface area contributed by atoms with Crippen molar-refractivity contribution in [1.82, 2.24) is 14.1 Å². The molecule has 2 aromatic rings. The topological polar surface area (TPSA) is 64.1 Å². The Hall–Kier alpha value is -2.21. The van der Waals surface area contributed by atoms with Crippen LogP contribution < -0.4 is 10.1 Å². The Balaban J connectivity index is 2.00. The van der Waals surface area contributed by atoms with Crippen molar-refractivity contribution in [3.8, 4) is 5.75 Å². The quantitative estimate of drug-likeness (QED) is 0.829. The first-order valence-corrected chi connectivity index (χ1v) is 6.83. The number of hydrogen-bond donors (Lipinski definition) is 1. The van der Waals surface area contributed by atoms with Gasteiger partial charge in [0.25, 0.3) is 5.91 Å². The van der Waals surface area contributed by atoms with Crippen LogP contribution in [-0.2, 0) is 6.61 Å². The van der Waals surface area contributed by atoms with Gasteiger partial charge < -0.3 is 10.1 Å². The van der Waals surface area contributed by atoms with E-state index in [4.69, 9.17) is 4.74 Å². The van der Waals surface area contributed by atoms with Gasteiger partial charge in [-0.2, -0.15) is 8.75 Å². The average Bonchev–Trinajstić information content (AvgIpc) is 2.88. The molecule has 0 aliphatic heterocycles. The van der Waals surface area contributed by atoms with Gasteiger partial charge in [-0.15, -0.1) is 6.58 Å². The number of amides is 1. The summed E-state index contributed by atoms with van der Waals surface area (Å²) in [6.45, 7) is 6.23. The Morgan fingerprint density at radius 3 is 3.05 bits per heavy atom. The molecule has 20 heavy (non-hydrogen) atoms. The highest BCUT2D eigenvalue weighted by Crippen LogP contribution is 2.16. The highest BCUT2D eigenvalue weighted by atomic mass is 32.1. The van der Waals surface area contributed by atoms with Gasteiger partial charge in [-0.3, -0.25) is 4.79 Å². The van der Waals surface area contributed by atoms with Crippen LogP contribution in [0.1, 0.15) is 21.7 Å². The molecule has 104 valence electrons. The summed E-state index contributed by atoms with van der Waals surface area (Å²) in [4.78, 5) is 11.8. The van der Waals surface area contributed by atoms with Crippen LogP contribution in [0.4, 0.5) is 0 Å². The molecule has 1 aromatic heterocycles. The summed E-state index contributed by atoms with van der Waals surface area (Å²) >= 11 is 1.16. The largest absolute Gasteiger partial charge is 0.487 e. The summed E-state index contributed by atoms with van der Waals surface area (Å²) in [7, 11) is 0. The van der Waals surface area contributed by atoms with Crippen LogP contribution in [0.15, 0.2) is 36.9 Å². The average molecular weight is 289 g/mol. The minimum atomic E-state index is -0.151. The molecule has 0 radical (unpaired) electrons. The van der Waals surface area contributed by atoms with Crippen LogP contribution in [0.5, 0.6) is 5.75 Å². The van der Waals surface area contributed by atoms with Gasteiger partial charge in [0.05, 0.1) is 17.4 Å². The maximum atomic E-state index is 11.8. The molecule has 0 unspecified atom stereocenters. The lowest BCUT2D eigenvalue weighted by molar-refractivity contribution is 0.0957. The van der Waals surface area contributed by atoms with Gasteiger partial charge in [0, 0.05) is 12.1 Å². The number of nitrogens with one attached hydrogen (secondary N) is 1. The first kappa shape index (κ1) is 14.2. The lowest BCUT2D eigenvalue weighted by atomic mass is 10.2. The van der Waals surface area contributed by atoms with Crippen LogP contribution in [-0.4, -0.2) is 21.2 Å². The lowest BCUT2D eigenvalue weighted by Crippen LogP contribution is -2.23. The predicted octanol–water partition coefficient (Wildman–Crippen LogP) is 2.34. The Kier molecular flexibility index (Phi) is 4.84. The summed E-state index contributed by atoms with van der Waals surface area (Å²) in [5.41, 5.74) is 2.24. The Labute approximate surface area is 121 Å². The highest BCUT2D eigenvalue weighted by molar-refractivity contribution is 6.99. The van der Waals surface area contributed by atoms with Gasteiger partial charge in [-0.25, -0.2) is 0 Å². The number of rotatable bonds is 6. The number of benzene rings is 1. The second-order valence-electron chi connectivity index (χ2n) is 4.11. The molecule has 1 N–H and O–H groups in total. The molecule has 0 bridgehead atoms. The number of hydrogen-bond acceptors (Lipinski definition) is 5. The normalized spacial score (nSPS) is 10.1. The van der Waals surface area contributed by atoms with E-state index in [2.05, 4.69) is 20.6 Å². The first-order valence-electron chi connectivity index (χ1n) is 6.10. The van der Waals surface area contributed by atoms with E-state index in [9.17, 15) is 4.79 Å². The molecule has 0 aliphatic carbocycles. The van der Waals surface area contributed by atoms with E-state index in [-0.39, 0.29) is 5.91 Å². The SMILES string of the molecule is C=CCNC(=O)c1cccc(OCc2nsnc2C)c1. The molecule has 2 rings (SSSR count). The fraction of sp³-hybridized carbons (Fsp3) is 0.214. The van der Waals surface area contributed by atoms with Crippen molar-refractivity contribution in [3.63, 3.8) is 0 Å². The molecule has 1 amide bonds. The van der Waals surface area contributed by atoms with E-state index in [1.807, 2.05) is 6.92 Å². The third-order valence-electron chi connectivity index (χ3n) is 2.63. The van der Waals surface area contributed by atoms with Gasteiger partial charge in [-0.05, 0) is 25.1 Å². The number of carbonyl (C=O) groups is 1. The molecule has 0 atom stereocenters. The van der Waals surface area contributed by atoms with Crippen LogP contribution in [0.3, 0.4) is 0 Å². The van der Waals surface area contributed by atoms with Gasteiger partial charge in [0.1, 0.15) is 18.1 Å². The zero-order valence-corrected chi connectivity index (χ0v) is 11.9. The number of aromatic nitrogens is 2. The molecule has 1 heterocycles. The summed E-state index contributed by atoms with van der Waals surface area (Å²) in [5.74, 6) is 0.477. The highest BCUT2D eigenvalue weighted by Gasteiger charge is 2.07. The van der Waals surface area contributed by atoms with Crippen LogP contribution >= 0.6 is 11.7 Å². The molecule has 6 heteroatoms. The van der Waals surface area contributed by atoms with Crippen LogP contribution in [0, 0.1) is 6.92 Å². The summed E-state index contributed by atoms with van der Waals surface area (Å²) in [6.07, 6.45) is 1.64. The number of nitrogens with zero attached hydrogens (tertiary/aromatic N) is 2. The van der Waals surface area contributed by atoms with Crippen molar-refractivity contribution in [1.29, 1.82) is 0 Å². The van der Waals surface area contributed by atoms with Crippen molar-refractivity contribution in [2.24, 2.45) is 0 Å². The molecule has 5 nitrogen and oxygen atoms in total. The van der Waals surface area contributed by atoms with Gasteiger partial charge >= 0.3 is 0 Å². The zero-order valence-electron chi connectivity index (χ0n) is 11.1.